The van der Waals surface area contributed by atoms with Crippen LogP contribution in [0.15, 0.2) is 46.9 Å². The number of carbonyl (C=O) groups is 1. The first kappa shape index (κ1) is 20.3. The van der Waals surface area contributed by atoms with Gasteiger partial charge in [-0.2, -0.15) is 0 Å². The van der Waals surface area contributed by atoms with Crippen LogP contribution < -0.4 is 14.8 Å². The maximum absolute atomic E-state index is 12.7. The van der Waals surface area contributed by atoms with Gasteiger partial charge in [-0.15, -0.1) is 0 Å². The van der Waals surface area contributed by atoms with E-state index in [0.29, 0.717) is 30.2 Å². The van der Waals surface area contributed by atoms with Gasteiger partial charge < -0.3 is 19.5 Å². The highest BCUT2D eigenvalue weighted by Crippen LogP contribution is 2.25. The second-order valence-corrected chi connectivity index (χ2v) is 6.71. The summed E-state index contributed by atoms with van der Waals surface area (Å²) < 4.78 is 17.2. The zero-order valence-electron chi connectivity index (χ0n) is 15.3. The molecule has 0 bridgehead atoms. The SMILES string of the molecule is CCC(C)Oc1ccc(NC(=O)c2cc(Br)ccc2OCCOC)cc1. The first-order valence-corrected chi connectivity index (χ1v) is 9.32. The lowest BCUT2D eigenvalue weighted by Gasteiger charge is -2.14. The lowest BCUT2D eigenvalue weighted by atomic mass is 10.2. The lowest BCUT2D eigenvalue weighted by molar-refractivity contribution is 0.101. The Kier molecular flexibility index (Phi) is 7.94. The molecule has 0 fully saturated rings. The van der Waals surface area contributed by atoms with Crippen molar-refractivity contribution >= 4 is 27.5 Å². The second-order valence-electron chi connectivity index (χ2n) is 5.80. The van der Waals surface area contributed by atoms with Crippen molar-refractivity contribution in [1.82, 2.24) is 0 Å². The molecule has 6 heteroatoms. The number of methoxy groups -OCH3 is 1. The maximum atomic E-state index is 12.7. The van der Waals surface area contributed by atoms with E-state index in [1.54, 1.807) is 19.2 Å². The Morgan fingerprint density at radius 1 is 1.15 bits per heavy atom. The van der Waals surface area contributed by atoms with Crippen LogP contribution in [0.3, 0.4) is 0 Å². The molecular weight excluding hydrogens is 398 g/mol. The van der Waals surface area contributed by atoms with E-state index < -0.39 is 0 Å². The van der Waals surface area contributed by atoms with Crippen molar-refractivity contribution < 1.29 is 19.0 Å². The van der Waals surface area contributed by atoms with E-state index in [0.717, 1.165) is 16.6 Å². The maximum Gasteiger partial charge on any atom is 0.259 e. The molecule has 0 saturated heterocycles. The van der Waals surface area contributed by atoms with Crippen molar-refractivity contribution in [2.45, 2.75) is 26.4 Å². The van der Waals surface area contributed by atoms with E-state index in [-0.39, 0.29) is 12.0 Å². The fourth-order valence-corrected chi connectivity index (χ4v) is 2.53. The molecular formula is C20H24BrNO4. The largest absolute Gasteiger partial charge is 0.491 e. The van der Waals surface area contributed by atoms with Crippen LogP contribution in [0.25, 0.3) is 0 Å². The Bertz CT molecular complexity index is 718. The van der Waals surface area contributed by atoms with Gasteiger partial charge in [0.2, 0.25) is 0 Å². The fourth-order valence-electron chi connectivity index (χ4n) is 2.17. The number of hydrogen-bond acceptors (Lipinski definition) is 4. The van der Waals surface area contributed by atoms with E-state index in [4.69, 9.17) is 14.2 Å². The summed E-state index contributed by atoms with van der Waals surface area (Å²) in [5, 5.41) is 2.88. The predicted molar refractivity (Wildman–Crippen MR) is 106 cm³/mol. The fraction of sp³-hybridized carbons (Fsp3) is 0.350. The molecule has 0 aromatic heterocycles. The Morgan fingerprint density at radius 3 is 2.54 bits per heavy atom. The van der Waals surface area contributed by atoms with Crippen LogP contribution in [0.2, 0.25) is 0 Å². The molecule has 1 amide bonds. The van der Waals surface area contributed by atoms with E-state index >= 15 is 0 Å². The third kappa shape index (κ3) is 6.04. The molecule has 2 aromatic carbocycles. The van der Waals surface area contributed by atoms with Crippen LogP contribution in [0, 0.1) is 0 Å². The molecule has 0 aliphatic carbocycles. The van der Waals surface area contributed by atoms with Crippen LogP contribution in [-0.4, -0.2) is 32.3 Å². The van der Waals surface area contributed by atoms with Gasteiger partial charge in [0.1, 0.15) is 18.1 Å². The van der Waals surface area contributed by atoms with Gasteiger partial charge in [0, 0.05) is 17.3 Å². The summed E-state index contributed by atoms with van der Waals surface area (Å²) in [5.74, 6) is 1.05. The quantitative estimate of drug-likeness (QED) is 0.584. The number of rotatable bonds is 9. The summed E-state index contributed by atoms with van der Waals surface area (Å²) in [6, 6.07) is 12.7. The van der Waals surface area contributed by atoms with Crippen molar-refractivity contribution in [2.24, 2.45) is 0 Å². The minimum absolute atomic E-state index is 0.156. The standard InChI is InChI=1S/C20H24BrNO4/c1-4-14(2)26-17-8-6-16(7-9-17)22-20(23)18-13-15(21)5-10-19(18)25-12-11-24-3/h5-10,13-14H,4,11-12H2,1-3H3,(H,22,23). The number of amides is 1. The predicted octanol–water partition coefficient (Wildman–Crippen LogP) is 4.90. The van der Waals surface area contributed by atoms with Gasteiger partial charge in [-0.25, -0.2) is 0 Å². The van der Waals surface area contributed by atoms with Crippen molar-refractivity contribution in [1.29, 1.82) is 0 Å². The van der Waals surface area contributed by atoms with Gasteiger partial charge >= 0.3 is 0 Å². The average Bonchev–Trinajstić information content (AvgIpc) is 2.64. The first-order chi connectivity index (χ1) is 12.5. The van der Waals surface area contributed by atoms with Crippen LogP contribution in [-0.2, 0) is 4.74 Å². The zero-order chi connectivity index (χ0) is 18.9. The molecule has 2 aromatic rings. The topological polar surface area (TPSA) is 56.8 Å². The number of benzene rings is 2. The molecule has 1 N–H and O–H groups in total. The summed E-state index contributed by atoms with van der Waals surface area (Å²) in [4.78, 5) is 12.7. The van der Waals surface area contributed by atoms with E-state index in [9.17, 15) is 4.79 Å². The molecule has 0 aliphatic rings. The number of hydrogen-bond donors (Lipinski definition) is 1. The summed E-state index contributed by atoms with van der Waals surface area (Å²) in [6.45, 7) is 4.92. The number of carbonyl (C=O) groups excluding carboxylic acids is 1. The Balaban J connectivity index is 2.08. The van der Waals surface area contributed by atoms with Gasteiger partial charge in [0.15, 0.2) is 0 Å². The monoisotopic (exact) mass is 421 g/mol. The molecule has 0 heterocycles. The molecule has 2 rings (SSSR count). The van der Waals surface area contributed by atoms with Gasteiger partial charge in [-0.1, -0.05) is 22.9 Å². The van der Waals surface area contributed by atoms with Crippen molar-refractivity contribution in [3.05, 3.63) is 52.5 Å². The smallest absolute Gasteiger partial charge is 0.259 e. The van der Waals surface area contributed by atoms with Crippen LogP contribution in [0.5, 0.6) is 11.5 Å². The molecule has 0 radical (unpaired) electrons. The highest BCUT2D eigenvalue weighted by molar-refractivity contribution is 9.10. The zero-order valence-corrected chi connectivity index (χ0v) is 16.8. The van der Waals surface area contributed by atoms with E-state index in [1.165, 1.54) is 0 Å². The van der Waals surface area contributed by atoms with Crippen LogP contribution in [0.4, 0.5) is 5.69 Å². The van der Waals surface area contributed by atoms with Gasteiger partial charge in [-0.05, 0) is 55.8 Å². The third-order valence-electron chi connectivity index (χ3n) is 3.76. The Hall–Kier alpha value is -2.05. The normalized spacial score (nSPS) is 11.7. The van der Waals surface area contributed by atoms with E-state index in [2.05, 4.69) is 28.2 Å². The summed E-state index contributed by atoms with van der Waals surface area (Å²) in [7, 11) is 1.60. The lowest BCUT2D eigenvalue weighted by Crippen LogP contribution is -2.15. The number of anilines is 1. The molecule has 26 heavy (non-hydrogen) atoms. The molecule has 140 valence electrons. The minimum Gasteiger partial charge on any atom is -0.491 e. The Labute approximate surface area is 162 Å². The first-order valence-electron chi connectivity index (χ1n) is 8.52. The van der Waals surface area contributed by atoms with Crippen molar-refractivity contribution in [2.75, 3.05) is 25.6 Å². The summed E-state index contributed by atoms with van der Waals surface area (Å²) in [5.41, 5.74) is 1.14. The second kappa shape index (κ2) is 10.2. The molecule has 0 saturated carbocycles. The number of ether oxygens (including phenoxy) is 3. The highest BCUT2D eigenvalue weighted by atomic mass is 79.9. The third-order valence-corrected chi connectivity index (χ3v) is 4.25. The number of nitrogens with one attached hydrogen (secondary N) is 1. The molecule has 0 spiro atoms. The molecule has 1 unspecified atom stereocenters. The van der Waals surface area contributed by atoms with Crippen molar-refractivity contribution in [3.8, 4) is 11.5 Å². The van der Waals surface area contributed by atoms with Crippen molar-refractivity contribution in [3.63, 3.8) is 0 Å². The number of halogens is 1. The van der Waals surface area contributed by atoms with Gasteiger partial charge in [0.05, 0.1) is 18.3 Å². The van der Waals surface area contributed by atoms with Crippen LogP contribution >= 0.6 is 15.9 Å². The van der Waals surface area contributed by atoms with Crippen LogP contribution in [0.1, 0.15) is 30.6 Å². The van der Waals surface area contributed by atoms with Gasteiger partial charge in [0.25, 0.3) is 5.91 Å². The molecule has 0 aliphatic heterocycles. The Morgan fingerprint density at radius 2 is 1.88 bits per heavy atom. The van der Waals surface area contributed by atoms with Gasteiger partial charge in [-0.3, -0.25) is 4.79 Å². The molecule has 1 atom stereocenters. The highest BCUT2D eigenvalue weighted by Gasteiger charge is 2.14. The summed E-state index contributed by atoms with van der Waals surface area (Å²) in [6.07, 6.45) is 1.09. The average molecular weight is 422 g/mol. The van der Waals surface area contributed by atoms with E-state index in [1.807, 2.05) is 37.3 Å². The summed E-state index contributed by atoms with van der Waals surface area (Å²) >= 11 is 3.39. The molecule has 5 nitrogen and oxygen atoms in total. The minimum atomic E-state index is -0.241.